The first kappa shape index (κ1) is 17.7. The zero-order chi connectivity index (χ0) is 19.1. The van der Waals surface area contributed by atoms with Crippen molar-refractivity contribution in [3.63, 3.8) is 0 Å². The normalized spacial score (nSPS) is 16.9. The maximum atomic E-state index is 13.0. The molecule has 1 atom stereocenters. The van der Waals surface area contributed by atoms with Crippen LogP contribution in [0.4, 0.5) is 5.69 Å². The summed E-state index contributed by atoms with van der Waals surface area (Å²) in [6, 6.07) is 8.71. The molecule has 1 aliphatic rings. The number of nitrogens with zero attached hydrogens (tertiary/aromatic N) is 1. The summed E-state index contributed by atoms with van der Waals surface area (Å²) < 4.78 is 16.1. The van der Waals surface area contributed by atoms with Crippen LogP contribution in [0.25, 0.3) is 21.9 Å². The van der Waals surface area contributed by atoms with Crippen LogP contribution in [0.1, 0.15) is 6.42 Å². The molecule has 2 aromatic carbocycles. The Morgan fingerprint density at radius 1 is 1.26 bits per heavy atom. The number of methoxy groups -OCH3 is 2. The molecule has 0 N–H and O–H groups in total. The Bertz CT molecular complexity index is 1110. The van der Waals surface area contributed by atoms with Gasteiger partial charge in [-0.3, -0.25) is 9.59 Å². The highest BCUT2D eigenvalue weighted by Gasteiger charge is 2.29. The Kier molecular flexibility index (Phi) is 4.44. The average molecular weight is 388 g/mol. The molecule has 0 saturated carbocycles. The van der Waals surface area contributed by atoms with E-state index in [9.17, 15) is 9.59 Å². The summed E-state index contributed by atoms with van der Waals surface area (Å²) in [5.41, 5.74) is 1.45. The number of fused-ring (bicyclic) bond motifs is 2. The number of hydrogen-bond donors (Lipinski definition) is 0. The highest BCUT2D eigenvalue weighted by molar-refractivity contribution is 6.35. The van der Waals surface area contributed by atoms with Crippen LogP contribution in [0.15, 0.2) is 39.5 Å². The Balaban J connectivity index is 1.82. The van der Waals surface area contributed by atoms with Crippen LogP contribution >= 0.6 is 11.6 Å². The largest absolute Gasteiger partial charge is 0.496 e. The number of benzene rings is 2. The third kappa shape index (κ3) is 2.90. The second-order valence-corrected chi connectivity index (χ2v) is 6.93. The molecule has 3 aromatic rings. The Hall–Kier alpha value is -2.73. The van der Waals surface area contributed by atoms with Crippen molar-refractivity contribution in [2.75, 3.05) is 32.2 Å². The molecule has 4 rings (SSSR count). The molecule has 0 bridgehead atoms. The summed E-state index contributed by atoms with van der Waals surface area (Å²) in [4.78, 5) is 26.8. The molecule has 2 heterocycles. The van der Waals surface area contributed by atoms with Gasteiger partial charge in [-0.2, -0.15) is 0 Å². The van der Waals surface area contributed by atoms with Crippen LogP contribution in [0.5, 0.6) is 5.75 Å². The lowest BCUT2D eigenvalue weighted by molar-refractivity contribution is -0.144. The number of carbonyl (C=O) groups excluding carboxylic acids is 1. The van der Waals surface area contributed by atoms with E-state index >= 15 is 0 Å². The van der Waals surface area contributed by atoms with Crippen LogP contribution in [-0.2, 0) is 9.53 Å². The molecule has 0 spiro atoms. The molecule has 1 aliphatic heterocycles. The summed E-state index contributed by atoms with van der Waals surface area (Å²) in [6.07, 6.45) is 0.732. The van der Waals surface area contributed by atoms with E-state index in [-0.39, 0.29) is 17.3 Å². The number of hydrogen-bond acceptors (Lipinski definition) is 6. The first-order chi connectivity index (χ1) is 13.0. The molecule has 27 heavy (non-hydrogen) atoms. The quantitative estimate of drug-likeness (QED) is 0.505. The topological polar surface area (TPSA) is 69.0 Å². The molecule has 0 amide bonds. The molecule has 7 heteroatoms. The summed E-state index contributed by atoms with van der Waals surface area (Å²) in [7, 11) is 2.90. The fourth-order valence-electron chi connectivity index (χ4n) is 3.60. The van der Waals surface area contributed by atoms with Gasteiger partial charge in [0.2, 0.25) is 5.43 Å². The maximum absolute atomic E-state index is 13.0. The van der Waals surface area contributed by atoms with Crippen molar-refractivity contribution in [2.45, 2.75) is 6.42 Å². The van der Waals surface area contributed by atoms with Gasteiger partial charge in [0.15, 0.2) is 5.58 Å². The Labute approximate surface area is 160 Å². The van der Waals surface area contributed by atoms with Crippen molar-refractivity contribution in [1.82, 2.24) is 0 Å². The van der Waals surface area contributed by atoms with Gasteiger partial charge in [-0.15, -0.1) is 0 Å². The molecule has 1 saturated heterocycles. The van der Waals surface area contributed by atoms with Crippen LogP contribution in [0, 0.1) is 5.92 Å². The highest BCUT2D eigenvalue weighted by Crippen LogP contribution is 2.33. The molecule has 1 fully saturated rings. The minimum absolute atomic E-state index is 0.145. The summed E-state index contributed by atoms with van der Waals surface area (Å²) in [5.74, 6) is 0.0808. The predicted molar refractivity (Wildman–Crippen MR) is 104 cm³/mol. The van der Waals surface area contributed by atoms with E-state index in [0.717, 1.165) is 18.7 Å². The van der Waals surface area contributed by atoms with Gasteiger partial charge in [0.25, 0.3) is 0 Å². The minimum atomic E-state index is -0.199. The fourth-order valence-corrected chi connectivity index (χ4v) is 3.80. The van der Waals surface area contributed by atoms with Gasteiger partial charge in [0, 0.05) is 24.8 Å². The van der Waals surface area contributed by atoms with Crippen LogP contribution < -0.4 is 15.1 Å². The molecule has 1 aromatic heterocycles. The molecular weight excluding hydrogens is 370 g/mol. The minimum Gasteiger partial charge on any atom is -0.496 e. The van der Waals surface area contributed by atoms with Crippen molar-refractivity contribution >= 4 is 45.2 Å². The van der Waals surface area contributed by atoms with E-state index in [1.54, 1.807) is 18.2 Å². The van der Waals surface area contributed by atoms with Crippen LogP contribution in [0.2, 0.25) is 5.02 Å². The second-order valence-electron chi connectivity index (χ2n) is 6.52. The number of esters is 1. The van der Waals surface area contributed by atoms with E-state index < -0.39 is 0 Å². The van der Waals surface area contributed by atoms with Crippen LogP contribution in [0.3, 0.4) is 0 Å². The van der Waals surface area contributed by atoms with Gasteiger partial charge in [-0.05, 0) is 30.7 Å². The summed E-state index contributed by atoms with van der Waals surface area (Å²) in [5, 5.41) is 1.13. The summed E-state index contributed by atoms with van der Waals surface area (Å²) in [6.45, 7) is 1.31. The lowest BCUT2D eigenvalue weighted by Gasteiger charge is -2.18. The third-order valence-electron chi connectivity index (χ3n) is 5.03. The molecular formula is C20H18ClNO5. The lowest BCUT2D eigenvalue weighted by Crippen LogP contribution is -2.23. The first-order valence-electron chi connectivity index (χ1n) is 8.59. The molecule has 0 radical (unpaired) electrons. The van der Waals surface area contributed by atoms with Gasteiger partial charge in [0.05, 0.1) is 30.5 Å². The first-order valence-corrected chi connectivity index (χ1v) is 8.97. The van der Waals surface area contributed by atoms with Crippen LogP contribution in [-0.4, -0.2) is 33.3 Å². The van der Waals surface area contributed by atoms with E-state index in [1.807, 2.05) is 12.1 Å². The number of halogens is 1. The third-order valence-corrected chi connectivity index (χ3v) is 5.33. The van der Waals surface area contributed by atoms with Crippen molar-refractivity contribution in [1.29, 1.82) is 0 Å². The SMILES string of the molecule is COC(=O)C1CCN(c2ccc3c(=O)c4c(OC)ccc(Cl)c4oc3c2)C1. The molecule has 140 valence electrons. The zero-order valence-electron chi connectivity index (χ0n) is 15.0. The summed E-state index contributed by atoms with van der Waals surface area (Å²) >= 11 is 6.25. The maximum Gasteiger partial charge on any atom is 0.310 e. The van der Waals surface area contributed by atoms with Crippen molar-refractivity contribution < 1.29 is 18.7 Å². The van der Waals surface area contributed by atoms with Crippen molar-refractivity contribution in [3.05, 3.63) is 45.6 Å². The zero-order valence-corrected chi connectivity index (χ0v) is 15.7. The van der Waals surface area contributed by atoms with E-state index in [4.69, 9.17) is 25.5 Å². The standard InChI is InChI=1S/C20H18ClNO5/c1-25-15-6-5-14(21)19-17(15)18(23)13-4-3-12(9-16(13)27-19)22-8-7-11(10-22)20(24)26-2/h3-6,9,11H,7-8,10H2,1-2H3. The second kappa shape index (κ2) is 6.78. The number of anilines is 1. The van der Waals surface area contributed by atoms with Gasteiger partial charge < -0.3 is 18.8 Å². The molecule has 1 unspecified atom stereocenters. The fraction of sp³-hybridized carbons (Fsp3) is 0.300. The average Bonchev–Trinajstić information content (AvgIpc) is 3.18. The van der Waals surface area contributed by atoms with Gasteiger partial charge in [0.1, 0.15) is 16.7 Å². The van der Waals surface area contributed by atoms with Crippen molar-refractivity contribution in [2.24, 2.45) is 5.92 Å². The Morgan fingerprint density at radius 3 is 2.81 bits per heavy atom. The van der Waals surface area contributed by atoms with Gasteiger partial charge >= 0.3 is 5.97 Å². The Morgan fingerprint density at radius 2 is 2.07 bits per heavy atom. The van der Waals surface area contributed by atoms with Gasteiger partial charge in [-0.1, -0.05) is 11.6 Å². The molecule has 0 aliphatic carbocycles. The number of ether oxygens (including phenoxy) is 2. The molecule has 6 nitrogen and oxygen atoms in total. The highest BCUT2D eigenvalue weighted by atomic mass is 35.5. The monoisotopic (exact) mass is 387 g/mol. The lowest BCUT2D eigenvalue weighted by atomic mass is 10.1. The van der Waals surface area contributed by atoms with E-state index in [2.05, 4.69) is 4.90 Å². The van der Waals surface area contributed by atoms with Gasteiger partial charge in [-0.25, -0.2) is 0 Å². The number of rotatable bonds is 3. The van der Waals surface area contributed by atoms with E-state index in [1.165, 1.54) is 14.2 Å². The predicted octanol–water partition coefficient (Wildman–Crippen LogP) is 3.61. The smallest absolute Gasteiger partial charge is 0.310 e. The number of carbonyl (C=O) groups is 1. The van der Waals surface area contributed by atoms with E-state index in [0.29, 0.717) is 39.3 Å². The van der Waals surface area contributed by atoms with Crippen molar-refractivity contribution in [3.8, 4) is 5.75 Å².